The summed E-state index contributed by atoms with van der Waals surface area (Å²) < 4.78 is 0. The Hall–Kier alpha value is -0.980. The first-order valence-electron chi connectivity index (χ1n) is 7.28. The first kappa shape index (κ1) is 20.1. The number of piperazine rings is 1. The molecular formula is C15H22Cl3N5. The smallest absolute Gasteiger partial charge is 0.148 e. The third kappa shape index (κ3) is 4.75. The number of benzene rings is 1. The molecule has 0 radical (unpaired) electrons. The van der Waals surface area contributed by atoms with Gasteiger partial charge in [0.15, 0.2) is 0 Å². The van der Waals surface area contributed by atoms with Crippen LogP contribution >= 0.6 is 36.4 Å². The summed E-state index contributed by atoms with van der Waals surface area (Å²) in [6.07, 6.45) is 0. The minimum absolute atomic E-state index is 0. The van der Waals surface area contributed by atoms with E-state index in [1.807, 2.05) is 18.2 Å². The zero-order valence-electron chi connectivity index (χ0n) is 12.7. The van der Waals surface area contributed by atoms with Crippen molar-refractivity contribution >= 4 is 58.8 Å². The highest BCUT2D eigenvalue weighted by Crippen LogP contribution is 2.29. The molecule has 0 spiro atoms. The minimum atomic E-state index is 0. The Morgan fingerprint density at radius 2 is 1.96 bits per heavy atom. The maximum Gasteiger partial charge on any atom is 0.148 e. The standard InChI is InChI=1S/C15H20ClN5.2ClH/c16-13-10-11-9-12(19-4-3-17)1-2-14(11)20-15(13)21-7-5-18-6-8-21;;/h1-2,9-10,18-19H,3-8,17H2;2*1H. The molecule has 23 heavy (non-hydrogen) atoms. The second-order valence-corrected chi connectivity index (χ2v) is 5.56. The molecule has 1 aliphatic heterocycles. The normalized spacial score (nSPS) is 14.1. The van der Waals surface area contributed by atoms with Gasteiger partial charge in [-0.1, -0.05) is 11.6 Å². The Bertz CT molecular complexity index is 632. The molecule has 0 unspecified atom stereocenters. The van der Waals surface area contributed by atoms with Gasteiger partial charge in [-0.2, -0.15) is 0 Å². The number of pyridine rings is 1. The number of hydrogen-bond acceptors (Lipinski definition) is 5. The maximum atomic E-state index is 6.43. The third-order valence-electron chi connectivity index (χ3n) is 3.64. The number of nitrogens with zero attached hydrogens (tertiary/aromatic N) is 2. The number of hydrogen-bond donors (Lipinski definition) is 3. The number of nitrogens with one attached hydrogen (secondary N) is 2. The maximum absolute atomic E-state index is 6.43. The van der Waals surface area contributed by atoms with E-state index in [9.17, 15) is 0 Å². The van der Waals surface area contributed by atoms with E-state index in [1.165, 1.54) is 0 Å². The van der Waals surface area contributed by atoms with Gasteiger partial charge in [-0.05, 0) is 24.3 Å². The van der Waals surface area contributed by atoms with Crippen LogP contribution in [0.5, 0.6) is 0 Å². The van der Waals surface area contributed by atoms with Crippen molar-refractivity contribution in [2.45, 2.75) is 0 Å². The van der Waals surface area contributed by atoms with Crippen molar-refractivity contribution in [1.29, 1.82) is 0 Å². The molecule has 8 heteroatoms. The lowest BCUT2D eigenvalue weighted by Gasteiger charge is -2.29. The highest BCUT2D eigenvalue weighted by molar-refractivity contribution is 6.33. The molecule has 2 heterocycles. The van der Waals surface area contributed by atoms with Crippen molar-refractivity contribution in [3.05, 3.63) is 29.3 Å². The molecule has 2 aromatic rings. The van der Waals surface area contributed by atoms with Gasteiger partial charge in [-0.3, -0.25) is 0 Å². The van der Waals surface area contributed by atoms with Crippen molar-refractivity contribution in [3.63, 3.8) is 0 Å². The van der Waals surface area contributed by atoms with Gasteiger partial charge in [-0.25, -0.2) is 4.98 Å². The Labute approximate surface area is 153 Å². The van der Waals surface area contributed by atoms with E-state index in [-0.39, 0.29) is 24.8 Å². The van der Waals surface area contributed by atoms with E-state index in [4.69, 9.17) is 22.3 Å². The summed E-state index contributed by atoms with van der Waals surface area (Å²) in [5.41, 5.74) is 7.52. The lowest BCUT2D eigenvalue weighted by Crippen LogP contribution is -2.44. The van der Waals surface area contributed by atoms with Crippen molar-refractivity contribution in [1.82, 2.24) is 10.3 Å². The van der Waals surface area contributed by atoms with Crippen molar-refractivity contribution in [2.24, 2.45) is 5.73 Å². The van der Waals surface area contributed by atoms with Gasteiger partial charge in [0.1, 0.15) is 5.82 Å². The molecule has 1 aliphatic rings. The van der Waals surface area contributed by atoms with Gasteiger partial charge >= 0.3 is 0 Å². The van der Waals surface area contributed by atoms with Crippen LogP contribution in [0.15, 0.2) is 24.3 Å². The molecule has 1 aromatic heterocycles. The van der Waals surface area contributed by atoms with Crippen LogP contribution in [-0.4, -0.2) is 44.3 Å². The molecule has 5 nitrogen and oxygen atoms in total. The number of aromatic nitrogens is 1. The highest BCUT2D eigenvalue weighted by Gasteiger charge is 2.15. The van der Waals surface area contributed by atoms with Crippen LogP contribution in [0.25, 0.3) is 10.9 Å². The average molecular weight is 379 g/mol. The zero-order valence-corrected chi connectivity index (χ0v) is 15.1. The van der Waals surface area contributed by atoms with Crippen LogP contribution < -0.4 is 21.3 Å². The van der Waals surface area contributed by atoms with Gasteiger partial charge < -0.3 is 21.3 Å². The molecule has 0 atom stereocenters. The van der Waals surface area contributed by atoms with Gasteiger partial charge in [0.2, 0.25) is 0 Å². The SMILES string of the molecule is Cl.Cl.NCCNc1ccc2nc(N3CCNCC3)c(Cl)cc2c1. The summed E-state index contributed by atoms with van der Waals surface area (Å²) in [5.74, 6) is 0.883. The number of fused-ring (bicyclic) bond motifs is 1. The average Bonchev–Trinajstić information content (AvgIpc) is 2.53. The molecule has 3 rings (SSSR count). The van der Waals surface area contributed by atoms with Crippen LogP contribution in [0.3, 0.4) is 0 Å². The summed E-state index contributed by atoms with van der Waals surface area (Å²) in [4.78, 5) is 6.97. The molecule has 0 amide bonds. The van der Waals surface area contributed by atoms with E-state index in [0.29, 0.717) is 11.6 Å². The fraction of sp³-hybridized carbons (Fsp3) is 0.400. The fourth-order valence-corrected chi connectivity index (χ4v) is 2.84. The Kier molecular flexibility index (Phi) is 8.16. The van der Waals surface area contributed by atoms with E-state index >= 15 is 0 Å². The van der Waals surface area contributed by atoms with Gasteiger partial charge in [0.25, 0.3) is 0 Å². The molecule has 4 N–H and O–H groups in total. The van der Waals surface area contributed by atoms with Crippen molar-refractivity contribution < 1.29 is 0 Å². The van der Waals surface area contributed by atoms with Crippen LogP contribution in [0, 0.1) is 0 Å². The minimum Gasteiger partial charge on any atom is -0.384 e. The highest BCUT2D eigenvalue weighted by atomic mass is 35.5. The number of nitrogens with two attached hydrogens (primary N) is 1. The molecule has 0 bridgehead atoms. The predicted molar refractivity (Wildman–Crippen MR) is 104 cm³/mol. The molecule has 0 saturated carbocycles. The molecule has 1 aromatic carbocycles. The second-order valence-electron chi connectivity index (χ2n) is 5.15. The first-order chi connectivity index (χ1) is 10.3. The summed E-state index contributed by atoms with van der Waals surface area (Å²) in [5, 5.41) is 8.36. The molecule has 128 valence electrons. The number of halogens is 3. The number of rotatable bonds is 4. The lowest BCUT2D eigenvalue weighted by atomic mass is 10.2. The van der Waals surface area contributed by atoms with Gasteiger partial charge in [0, 0.05) is 50.3 Å². The molecule has 1 saturated heterocycles. The van der Waals surface area contributed by atoms with E-state index in [2.05, 4.69) is 21.6 Å². The predicted octanol–water partition coefficient (Wildman–Crippen LogP) is 2.51. The second kappa shape index (κ2) is 9.35. The van der Waals surface area contributed by atoms with Crippen LogP contribution in [-0.2, 0) is 0 Å². The van der Waals surface area contributed by atoms with Crippen LogP contribution in [0.2, 0.25) is 5.02 Å². The van der Waals surface area contributed by atoms with Crippen molar-refractivity contribution in [2.75, 3.05) is 49.5 Å². The molecule has 0 aliphatic carbocycles. The quantitative estimate of drug-likeness (QED) is 0.763. The monoisotopic (exact) mass is 377 g/mol. The molecule has 1 fully saturated rings. The third-order valence-corrected chi connectivity index (χ3v) is 3.92. The van der Waals surface area contributed by atoms with E-state index < -0.39 is 0 Å². The lowest BCUT2D eigenvalue weighted by molar-refractivity contribution is 0.585. The Morgan fingerprint density at radius 1 is 1.22 bits per heavy atom. The zero-order chi connectivity index (χ0) is 14.7. The van der Waals surface area contributed by atoms with Crippen molar-refractivity contribution in [3.8, 4) is 0 Å². The summed E-state index contributed by atoms with van der Waals surface area (Å²) in [6.45, 7) is 5.18. The summed E-state index contributed by atoms with van der Waals surface area (Å²) in [7, 11) is 0. The summed E-state index contributed by atoms with van der Waals surface area (Å²) in [6, 6.07) is 8.11. The largest absolute Gasteiger partial charge is 0.384 e. The van der Waals surface area contributed by atoms with Crippen LogP contribution in [0.1, 0.15) is 0 Å². The van der Waals surface area contributed by atoms with E-state index in [1.54, 1.807) is 0 Å². The van der Waals surface area contributed by atoms with Gasteiger partial charge in [0.05, 0.1) is 10.5 Å². The fourth-order valence-electron chi connectivity index (χ4n) is 2.57. The number of anilines is 2. The molecular weight excluding hydrogens is 357 g/mol. The van der Waals surface area contributed by atoms with E-state index in [0.717, 1.165) is 55.1 Å². The Balaban J connectivity index is 0.00000132. The first-order valence-corrected chi connectivity index (χ1v) is 7.65. The van der Waals surface area contributed by atoms with Gasteiger partial charge in [-0.15, -0.1) is 24.8 Å². The topological polar surface area (TPSA) is 66.2 Å². The summed E-state index contributed by atoms with van der Waals surface area (Å²) >= 11 is 6.43. The van der Waals surface area contributed by atoms with Crippen LogP contribution in [0.4, 0.5) is 11.5 Å². The Morgan fingerprint density at radius 3 is 2.65 bits per heavy atom.